The smallest absolute Gasteiger partial charge is 0.0246 e. The summed E-state index contributed by atoms with van der Waals surface area (Å²) in [4.78, 5) is 2.84. The molecule has 1 aliphatic heterocycles. The molecular formula is C15H30N2. The molecule has 1 saturated heterocycles. The molecule has 0 spiro atoms. The number of likely N-dealkylation sites (tertiary alicyclic amines) is 1. The topological polar surface area (TPSA) is 15.3 Å². The zero-order chi connectivity index (χ0) is 12.3. The Morgan fingerprint density at radius 3 is 2.41 bits per heavy atom. The zero-order valence-corrected chi connectivity index (χ0v) is 11.9. The van der Waals surface area contributed by atoms with Crippen molar-refractivity contribution in [1.82, 2.24) is 10.2 Å². The molecule has 100 valence electrons. The average Bonchev–Trinajstić information content (AvgIpc) is 2.95. The maximum Gasteiger partial charge on any atom is 0.0246 e. The van der Waals surface area contributed by atoms with Gasteiger partial charge in [0.2, 0.25) is 0 Å². The summed E-state index contributed by atoms with van der Waals surface area (Å²) in [5.74, 6) is 1.78. The Morgan fingerprint density at radius 1 is 1.12 bits per heavy atom. The van der Waals surface area contributed by atoms with E-state index in [0.717, 1.165) is 30.5 Å². The van der Waals surface area contributed by atoms with Crippen LogP contribution in [0.3, 0.4) is 0 Å². The second-order valence-corrected chi connectivity index (χ2v) is 6.36. The zero-order valence-electron chi connectivity index (χ0n) is 11.9. The van der Waals surface area contributed by atoms with E-state index >= 15 is 0 Å². The summed E-state index contributed by atoms with van der Waals surface area (Å²) in [5, 5.41) is 3.40. The van der Waals surface area contributed by atoms with Gasteiger partial charge >= 0.3 is 0 Å². The summed E-state index contributed by atoms with van der Waals surface area (Å²) in [7, 11) is 2.09. The number of likely N-dealkylation sites (N-methyl/N-ethyl adjacent to an activating group) is 1. The van der Waals surface area contributed by atoms with Crippen LogP contribution in [0.2, 0.25) is 0 Å². The van der Waals surface area contributed by atoms with Crippen molar-refractivity contribution in [2.24, 2.45) is 11.8 Å². The molecule has 0 radical (unpaired) electrons. The van der Waals surface area contributed by atoms with Gasteiger partial charge in [-0.05, 0) is 51.1 Å². The first kappa shape index (κ1) is 13.4. The van der Waals surface area contributed by atoms with E-state index in [1.807, 2.05) is 0 Å². The fourth-order valence-corrected chi connectivity index (χ4v) is 4.02. The lowest BCUT2D eigenvalue weighted by Gasteiger charge is -2.38. The lowest BCUT2D eigenvalue weighted by Crippen LogP contribution is -2.49. The second-order valence-electron chi connectivity index (χ2n) is 6.36. The fourth-order valence-electron chi connectivity index (χ4n) is 4.02. The van der Waals surface area contributed by atoms with Gasteiger partial charge in [-0.25, -0.2) is 0 Å². The van der Waals surface area contributed by atoms with Gasteiger partial charge in [0, 0.05) is 18.6 Å². The summed E-state index contributed by atoms with van der Waals surface area (Å²) in [6.45, 7) is 7.25. The summed E-state index contributed by atoms with van der Waals surface area (Å²) in [5.41, 5.74) is 0. The van der Waals surface area contributed by atoms with Gasteiger partial charge in [0.15, 0.2) is 0 Å². The first-order valence-electron chi connectivity index (χ1n) is 7.64. The van der Waals surface area contributed by atoms with Crippen LogP contribution in [0.25, 0.3) is 0 Å². The van der Waals surface area contributed by atoms with E-state index in [1.165, 1.54) is 45.1 Å². The molecule has 0 aromatic rings. The van der Waals surface area contributed by atoms with Crippen molar-refractivity contribution >= 4 is 0 Å². The molecule has 1 N–H and O–H groups in total. The third-order valence-electron chi connectivity index (χ3n) is 4.89. The van der Waals surface area contributed by atoms with Crippen molar-refractivity contribution in [2.45, 2.75) is 64.5 Å². The normalized spacial score (nSPS) is 29.3. The van der Waals surface area contributed by atoms with E-state index in [9.17, 15) is 0 Å². The highest BCUT2D eigenvalue weighted by atomic mass is 15.2. The minimum atomic E-state index is 0.744. The maximum absolute atomic E-state index is 3.40. The van der Waals surface area contributed by atoms with E-state index in [2.05, 4.69) is 31.1 Å². The molecule has 1 heterocycles. The highest BCUT2D eigenvalue weighted by Gasteiger charge is 2.37. The average molecular weight is 238 g/mol. The summed E-state index contributed by atoms with van der Waals surface area (Å²) < 4.78 is 0. The maximum atomic E-state index is 3.40. The van der Waals surface area contributed by atoms with Gasteiger partial charge in [0.1, 0.15) is 0 Å². The molecule has 1 saturated carbocycles. The van der Waals surface area contributed by atoms with Crippen LogP contribution in [0, 0.1) is 11.8 Å². The van der Waals surface area contributed by atoms with E-state index in [-0.39, 0.29) is 0 Å². The van der Waals surface area contributed by atoms with E-state index in [0.29, 0.717) is 0 Å². The van der Waals surface area contributed by atoms with Crippen LogP contribution in [0.1, 0.15) is 52.4 Å². The van der Waals surface area contributed by atoms with Gasteiger partial charge < -0.3 is 5.32 Å². The third kappa shape index (κ3) is 3.03. The molecule has 2 heteroatoms. The van der Waals surface area contributed by atoms with Crippen LogP contribution < -0.4 is 5.32 Å². The molecule has 2 aliphatic rings. The first-order chi connectivity index (χ1) is 8.24. The lowest BCUT2D eigenvalue weighted by atomic mass is 9.93. The molecule has 0 aromatic heterocycles. The van der Waals surface area contributed by atoms with Crippen molar-refractivity contribution in [3.8, 4) is 0 Å². The Labute approximate surface area is 107 Å². The highest BCUT2D eigenvalue weighted by Crippen LogP contribution is 2.37. The minimum Gasteiger partial charge on any atom is -0.318 e. The van der Waals surface area contributed by atoms with Gasteiger partial charge in [0.05, 0.1) is 0 Å². The van der Waals surface area contributed by atoms with Gasteiger partial charge in [0.25, 0.3) is 0 Å². The van der Waals surface area contributed by atoms with Gasteiger partial charge in [-0.15, -0.1) is 0 Å². The largest absolute Gasteiger partial charge is 0.318 e. The monoisotopic (exact) mass is 238 g/mol. The minimum absolute atomic E-state index is 0.744. The van der Waals surface area contributed by atoms with Gasteiger partial charge in [-0.2, -0.15) is 0 Å². The number of nitrogens with zero attached hydrogens (tertiary/aromatic N) is 1. The Bertz CT molecular complexity index is 221. The molecule has 2 rings (SSSR count). The van der Waals surface area contributed by atoms with Crippen molar-refractivity contribution in [1.29, 1.82) is 0 Å². The SMILES string of the molecule is CNCC(C(C)C)N1CCCC1C1CCCC1. The number of hydrogen-bond donors (Lipinski definition) is 1. The van der Waals surface area contributed by atoms with Gasteiger partial charge in [-0.1, -0.05) is 26.7 Å². The second kappa shape index (κ2) is 6.19. The van der Waals surface area contributed by atoms with Crippen LogP contribution in [-0.2, 0) is 0 Å². The molecule has 2 fully saturated rings. The van der Waals surface area contributed by atoms with E-state index < -0.39 is 0 Å². The van der Waals surface area contributed by atoms with Crippen LogP contribution in [0.15, 0.2) is 0 Å². The van der Waals surface area contributed by atoms with Gasteiger partial charge in [-0.3, -0.25) is 4.90 Å². The molecule has 0 amide bonds. The lowest BCUT2D eigenvalue weighted by molar-refractivity contribution is 0.105. The van der Waals surface area contributed by atoms with Crippen molar-refractivity contribution in [2.75, 3.05) is 20.1 Å². The quantitative estimate of drug-likeness (QED) is 0.792. The Hall–Kier alpha value is -0.0800. The Morgan fingerprint density at radius 2 is 1.82 bits per heavy atom. The summed E-state index contributed by atoms with van der Waals surface area (Å²) in [6.07, 6.45) is 8.82. The predicted octanol–water partition coefficient (Wildman–Crippen LogP) is 2.89. The Balaban J connectivity index is 2.00. The molecule has 1 aliphatic carbocycles. The van der Waals surface area contributed by atoms with Crippen molar-refractivity contribution < 1.29 is 0 Å². The summed E-state index contributed by atoms with van der Waals surface area (Å²) >= 11 is 0. The molecule has 0 aromatic carbocycles. The number of rotatable bonds is 5. The van der Waals surface area contributed by atoms with Crippen LogP contribution in [-0.4, -0.2) is 37.1 Å². The Kier molecular flexibility index (Phi) is 4.87. The standard InChI is InChI=1S/C15H30N2/c1-12(2)15(11-16-3)17-10-6-9-14(17)13-7-4-5-8-13/h12-16H,4-11H2,1-3H3. The van der Waals surface area contributed by atoms with E-state index in [1.54, 1.807) is 0 Å². The molecule has 0 bridgehead atoms. The molecule has 17 heavy (non-hydrogen) atoms. The van der Waals surface area contributed by atoms with E-state index in [4.69, 9.17) is 0 Å². The highest BCUT2D eigenvalue weighted by molar-refractivity contribution is 4.92. The van der Waals surface area contributed by atoms with Crippen LogP contribution >= 0.6 is 0 Å². The summed E-state index contributed by atoms with van der Waals surface area (Å²) in [6, 6.07) is 1.64. The molecule has 2 atom stereocenters. The number of hydrogen-bond acceptors (Lipinski definition) is 2. The third-order valence-corrected chi connectivity index (χ3v) is 4.89. The number of nitrogens with one attached hydrogen (secondary N) is 1. The molecule has 2 nitrogen and oxygen atoms in total. The predicted molar refractivity (Wildman–Crippen MR) is 74.2 cm³/mol. The van der Waals surface area contributed by atoms with Crippen molar-refractivity contribution in [3.05, 3.63) is 0 Å². The van der Waals surface area contributed by atoms with Crippen LogP contribution in [0.4, 0.5) is 0 Å². The first-order valence-corrected chi connectivity index (χ1v) is 7.64. The fraction of sp³-hybridized carbons (Fsp3) is 1.00. The van der Waals surface area contributed by atoms with Crippen molar-refractivity contribution in [3.63, 3.8) is 0 Å². The molecule has 2 unspecified atom stereocenters. The van der Waals surface area contributed by atoms with Crippen LogP contribution in [0.5, 0.6) is 0 Å². The molecular weight excluding hydrogens is 208 g/mol.